The molecule has 98 valence electrons. The number of nitriles is 1. The standard InChI is InChI=1S/C12H11FN4S2/c1-8(6-14)18-12-17-16-11(19-12)15-7-9-2-4-10(13)5-3-9/h2-5,8H,7H2,1H3,(H,15,16)/t8-/m0/s1. The van der Waals surface area contributed by atoms with E-state index in [1.165, 1.54) is 35.2 Å². The van der Waals surface area contributed by atoms with E-state index in [0.717, 1.165) is 9.90 Å². The van der Waals surface area contributed by atoms with Crippen LogP contribution in [0.4, 0.5) is 9.52 Å². The maximum atomic E-state index is 12.7. The number of aromatic nitrogens is 2. The number of anilines is 1. The summed E-state index contributed by atoms with van der Waals surface area (Å²) in [6, 6.07) is 8.42. The van der Waals surface area contributed by atoms with Gasteiger partial charge in [0.05, 0.1) is 11.3 Å². The zero-order valence-corrected chi connectivity index (χ0v) is 11.8. The van der Waals surface area contributed by atoms with Crippen LogP contribution in [0.5, 0.6) is 0 Å². The van der Waals surface area contributed by atoms with Crippen molar-refractivity contribution < 1.29 is 4.39 Å². The maximum Gasteiger partial charge on any atom is 0.206 e. The van der Waals surface area contributed by atoms with E-state index < -0.39 is 0 Å². The Labute approximate surface area is 118 Å². The first-order valence-corrected chi connectivity index (χ1v) is 7.25. The number of hydrogen-bond acceptors (Lipinski definition) is 6. The van der Waals surface area contributed by atoms with E-state index in [2.05, 4.69) is 21.6 Å². The Morgan fingerprint density at radius 2 is 2.16 bits per heavy atom. The number of benzene rings is 1. The lowest BCUT2D eigenvalue weighted by molar-refractivity contribution is 0.627. The summed E-state index contributed by atoms with van der Waals surface area (Å²) < 4.78 is 13.5. The zero-order valence-electron chi connectivity index (χ0n) is 10.1. The largest absolute Gasteiger partial charge is 0.356 e. The van der Waals surface area contributed by atoms with Gasteiger partial charge in [-0.15, -0.1) is 10.2 Å². The molecule has 7 heteroatoms. The lowest BCUT2D eigenvalue weighted by Crippen LogP contribution is -1.98. The first-order chi connectivity index (χ1) is 9.17. The van der Waals surface area contributed by atoms with E-state index in [-0.39, 0.29) is 11.1 Å². The molecule has 1 aromatic carbocycles. The zero-order chi connectivity index (χ0) is 13.7. The van der Waals surface area contributed by atoms with Crippen LogP contribution in [-0.2, 0) is 6.54 Å². The molecule has 0 aliphatic heterocycles. The monoisotopic (exact) mass is 294 g/mol. The highest BCUT2D eigenvalue weighted by Gasteiger charge is 2.08. The highest BCUT2D eigenvalue weighted by molar-refractivity contribution is 8.01. The molecule has 1 N–H and O–H groups in total. The van der Waals surface area contributed by atoms with Gasteiger partial charge in [-0.1, -0.05) is 35.2 Å². The highest BCUT2D eigenvalue weighted by atomic mass is 32.2. The molecule has 0 aliphatic rings. The van der Waals surface area contributed by atoms with E-state index >= 15 is 0 Å². The normalized spacial score (nSPS) is 11.8. The highest BCUT2D eigenvalue weighted by Crippen LogP contribution is 2.28. The Morgan fingerprint density at radius 1 is 1.42 bits per heavy atom. The molecule has 0 saturated carbocycles. The summed E-state index contributed by atoms with van der Waals surface area (Å²) >= 11 is 2.79. The molecule has 2 rings (SSSR count). The lowest BCUT2D eigenvalue weighted by atomic mass is 10.2. The molecule has 0 amide bonds. The minimum atomic E-state index is -0.246. The number of rotatable bonds is 5. The number of hydrogen-bond donors (Lipinski definition) is 1. The van der Waals surface area contributed by atoms with Crippen molar-refractivity contribution in [3.63, 3.8) is 0 Å². The van der Waals surface area contributed by atoms with Crippen LogP contribution < -0.4 is 5.32 Å². The maximum absolute atomic E-state index is 12.7. The van der Waals surface area contributed by atoms with Crippen LogP contribution in [-0.4, -0.2) is 15.4 Å². The van der Waals surface area contributed by atoms with Gasteiger partial charge in [-0.2, -0.15) is 5.26 Å². The summed E-state index contributed by atoms with van der Waals surface area (Å²) in [6.07, 6.45) is 0. The summed E-state index contributed by atoms with van der Waals surface area (Å²) in [5.74, 6) is -0.246. The molecule has 2 aromatic rings. The van der Waals surface area contributed by atoms with E-state index in [0.29, 0.717) is 11.7 Å². The Kier molecular flexibility index (Phi) is 4.71. The van der Waals surface area contributed by atoms with Crippen LogP contribution in [0.3, 0.4) is 0 Å². The van der Waals surface area contributed by atoms with Crippen LogP contribution in [0.15, 0.2) is 28.6 Å². The van der Waals surface area contributed by atoms with Gasteiger partial charge in [0.25, 0.3) is 0 Å². The molecule has 4 nitrogen and oxygen atoms in total. The van der Waals surface area contributed by atoms with Crippen LogP contribution in [0.2, 0.25) is 0 Å². The molecular weight excluding hydrogens is 283 g/mol. The number of halogens is 1. The van der Waals surface area contributed by atoms with Gasteiger partial charge in [-0.25, -0.2) is 4.39 Å². The molecule has 0 radical (unpaired) electrons. The molecule has 19 heavy (non-hydrogen) atoms. The molecule has 0 aliphatic carbocycles. The Hall–Kier alpha value is -1.65. The molecule has 0 saturated heterocycles. The molecule has 1 heterocycles. The summed E-state index contributed by atoms with van der Waals surface area (Å²) in [7, 11) is 0. The van der Waals surface area contributed by atoms with Crippen LogP contribution in [0.1, 0.15) is 12.5 Å². The van der Waals surface area contributed by atoms with Crippen molar-refractivity contribution in [2.75, 3.05) is 5.32 Å². The minimum Gasteiger partial charge on any atom is -0.356 e. The molecule has 0 spiro atoms. The van der Waals surface area contributed by atoms with Crippen LogP contribution in [0.25, 0.3) is 0 Å². The molecule has 1 atom stereocenters. The van der Waals surface area contributed by atoms with Gasteiger partial charge >= 0.3 is 0 Å². The van der Waals surface area contributed by atoms with Crippen molar-refractivity contribution in [3.05, 3.63) is 35.6 Å². The fourth-order valence-electron chi connectivity index (χ4n) is 1.29. The second kappa shape index (κ2) is 6.50. The van der Waals surface area contributed by atoms with Crippen molar-refractivity contribution in [2.24, 2.45) is 0 Å². The quantitative estimate of drug-likeness (QED) is 0.857. The van der Waals surface area contributed by atoms with Gasteiger partial charge in [0, 0.05) is 6.54 Å². The van der Waals surface area contributed by atoms with Gasteiger partial charge in [-0.05, 0) is 24.6 Å². The van der Waals surface area contributed by atoms with E-state index in [1.54, 1.807) is 12.1 Å². The first-order valence-electron chi connectivity index (χ1n) is 5.55. The Balaban J connectivity index is 1.90. The average Bonchev–Trinajstić information content (AvgIpc) is 2.85. The number of nitrogens with zero attached hydrogens (tertiary/aromatic N) is 3. The predicted molar refractivity (Wildman–Crippen MR) is 74.6 cm³/mol. The van der Waals surface area contributed by atoms with Crippen molar-refractivity contribution in [1.29, 1.82) is 5.26 Å². The molecule has 0 unspecified atom stereocenters. The van der Waals surface area contributed by atoms with Crippen molar-refractivity contribution in [3.8, 4) is 6.07 Å². The molecule has 0 bridgehead atoms. The fraction of sp³-hybridized carbons (Fsp3) is 0.250. The molecule has 1 aromatic heterocycles. The van der Waals surface area contributed by atoms with Gasteiger partial charge < -0.3 is 5.32 Å². The summed E-state index contributed by atoms with van der Waals surface area (Å²) in [5, 5.41) is 20.4. The second-order valence-corrected chi connectivity index (χ2v) is 6.31. The topological polar surface area (TPSA) is 61.6 Å². The third-order valence-corrected chi connectivity index (χ3v) is 4.18. The second-order valence-electron chi connectivity index (χ2n) is 3.74. The van der Waals surface area contributed by atoms with Gasteiger partial charge in [-0.3, -0.25) is 0 Å². The van der Waals surface area contributed by atoms with E-state index in [9.17, 15) is 4.39 Å². The predicted octanol–water partition coefficient (Wildman–Crippen LogP) is 3.29. The van der Waals surface area contributed by atoms with Gasteiger partial charge in [0.2, 0.25) is 5.13 Å². The summed E-state index contributed by atoms with van der Waals surface area (Å²) in [5.41, 5.74) is 0.969. The molecular formula is C12H11FN4S2. The van der Waals surface area contributed by atoms with Crippen molar-refractivity contribution in [2.45, 2.75) is 23.1 Å². The van der Waals surface area contributed by atoms with Crippen LogP contribution in [0, 0.1) is 17.1 Å². The third-order valence-electron chi connectivity index (χ3n) is 2.22. The van der Waals surface area contributed by atoms with E-state index in [4.69, 9.17) is 5.26 Å². The number of thioether (sulfide) groups is 1. The van der Waals surface area contributed by atoms with Gasteiger partial charge in [0.15, 0.2) is 4.34 Å². The summed E-state index contributed by atoms with van der Waals surface area (Å²) in [4.78, 5) is 0. The third kappa shape index (κ3) is 4.19. The van der Waals surface area contributed by atoms with E-state index in [1.807, 2.05) is 6.92 Å². The van der Waals surface area contributed by atoms with Crippen molar-refractivity contribution in [1.82, 2.24) is 10.2 Å². The Morgan fingerprint density at radius 3 is 2.84 bits per heavy atom. The smallest absolute Gasteiger partial charge is 0.206 e. The first kappa shape index (κ1) is 13.8. The Bertz CT molecular complexity index is 576. The SMILES string of the molecule is C[C@@H](C#N)Sc1nnc(NCc2ccc(F)cc2)s1. The summed E-state index contributed by atoms with van der Waals surface area (Å²) in [6.45, 7) is 2.38. The van der Waals surface area contributed by atoms with Crippen molar-refractivity contribution >= 4 is 28.2 Å². The van der Waals surface area contributed by atoms with Gasteiger partial charge in [0.1, 0.15) is 5.82 Å². The fourth-order valence-corrected chi connectivity index (χ4v) is 3.06. The minimum absolute atomic E-state index is 0.141. The lowest BCUT2D eigenvalue weighted by Gasteiger charge is -2.01. The average molecular weight is 294 g/mol. The van der Waals surface area contributed by atoms with Crippen LogP contribution >= 0.6 is 23.1 Å². The number of nitrogens with one attached hydrogen (secondary N) is 1. The molecule has 0 fully saturated rings.